The highest BCUT2D eigenvalue weighted by atomic mass is 79.9. The van der Waals surface area contributed by atoms with Crippen molar-refractivity contribution in [3.63, 3.8) is 0 Å². The van der Waals surface area contributed by atoms with E-state index in [1.807, 2.05) is 125 Å². The van der Waals surface area contributed by atoms with Crippen LogP contribution >= 0.6 is 31.9 Å². The Kier molecular flexibility index (Phi) is 8.48. The molecule has 4 nitrogen and oxygen atoms in total. The van der Waals surface area contributed by atoms with Gasteiger partial charge in [0.2, 0.25) is 0 Å². The molecule has 5 rings (SSSR count). The minimum Gasteiger partial charge on any atom is -0.457 e. The number of rotatable bonds is 8. The predicted molar refractivity (Wildman–Crippen MR) is 167 cm³/mol. The highest BCUT2D eigenvalue weighted by Crippen LogP contribution is 2.38. The minimum absolute atomic E-state index is 0.670. The van der Waals surface area contributed by atoms with E-state index < -0.39 is 0 Å². The third-order valence-electron chi connectivity index (χ3n) is 6.03. The molecule has 0 aromatic heterocycles. The van der Waals surface area contributed by atoms with Gasteiger partial charge in [-0.05, 0) is 117 Å². The number of hydrogen-bond donors (Lipinski definition) is 0. The Bertz CT molecular complexity index is 1520. The van der Waals surface area contributed by atoms with Crippen LogP contribution in [0.1, 0.15) is 22.3 Å². The maximum atomic E-state index is 6.32. The van der Waals surface area contributed by atoms with Crippen LogP contribution in [-0.4, -0.2) is 0 Å². The molecule has 0 N–H and O–H groups in total. The van der Waals surface area contributed by atoms with E-state index in [4.69, 9.17) is 18.9 Å². The van der Waals surface area contributed by atoms with Crippen LogP contribution in [0.25, 0.3) is 0 Å². The van der Waals surface area contributed by atoms with E-state index in [2.05, 4.69) is 31.9 Å². The molecule has 0 fully saturated rings. The fraction of sp³-hybridized carbons (Fsp3) is 0.118. The van der Waals surface area contributed by atoms with Crippen LogP contribution in [0.4, 0.5) is 0 Å². The van der Waals surface area contributed by atoms with Crippen LogP contribution in [0, 0.1) is 27.7 Å². The highest BCUT2D eigenvalue weighted by Gasteiger charge is 2.12. The SMILES string of the molecule is Cc1cc(Br)cc(Oc2cccc(Oc3cc(C)cc(Oc4cccc(Oc5cc(C)cc(Br)c5)c4)c3C)c2)c1. The molecule has 0 amide bonds. The van der Waals surface area contributed by atoms with E-state index in [0.29, 0.717) is 34.5 Å². The Morgan fingerprint density at radius 1 is 0.400 bits per heavy atom. The lowest BCUT2D eigenvalue weighted by Gasteiger charge is -2.16. The van der Waals surface area contributed by atoms with E-state index in [9.17, 15) is 0 Å². The van der Waals surface area contributed by atoms with Crippen LogP contribution in [-0.2, 0) is 0 Å². The van der Waals surface area contributed by atoms with E-state index in [1.165, 1.54) is 0 Å². The molecule has 0 aliphatic carbocycles. The Morgan fingerprint density at radius 2 is 0.775 bits per heavy atom. The van der Waals surface area contributed by atoms with Gasteiger partial charge in [-0.3, -0.25) is 0 Å². The molecule has 0 aliphatic rings. The molecule has 0 saturated carbocycles. The summed E-state index contributed by atoms with van der Waals surface area (Å²) in [7, 11) is 0. The molecule has 5 aromatic carbocycles. The molecule has 0 saturated heterocycles. The van der Waals surface area contributed by atoms with Gasteiger partial charge in [-0.2, -0.15) is 0 Å². The van der Waals surface area contributed by atoms with Crippen molar-refractivity contribution in [1.82, 2.24) is 0 Å². The predicted octanol–water partition coefficient (Wildman–Crippen LogP) is 11.6. The average molecular weight is 660 g/mol. The van der Waals surface area contributed by atoms with Crippen molar-refractivity contribution < 1.29 is 18.9 Å². The van der Waals surface area contributed by atoms with E-state index in [1.54, 1.807) is 0 Å². The van der Waals surface area contributed by atoms with Gasteiger partial charge in [0.1, 0.15) is 46.0 Å². The molecule has 202 valence electrons. The van der Waals surface area contributed by atoms with Gasteiger partial charge < -0.3 is 18.9 Å². The van der Waals surface area contributed by atoms with Crippen molar-refractivity contribution in [3.05, 3.63) is 128 Å². The molecule has 0 unspecified atom stereocenters. The normalized spacial score (nSPS) is 10.8. The Labute approximate surface area is 251 Å². The molecule has 0 atom stereocenters. The summed E-state index contributed by atoms with van der Waals surface area (Å²) in [5.41, 5.74) is 4.12. The standard InChI is InChI=1S/C34H28Br2O4/c1-21-11-25(35)17-31(13-21)37-27-7-5-9-29(19-27)39-33-15-23(3)16-34(24(33)4)40-30-10-6-8-28(20-30)38-32-14-22(2)12-26(36)18-32/h5-20H,1-4H3. The number of halogens is 2. The van der Waals surface area contributed by atoms with Gasteiger partial charge >= 0.3 is 0 Å². The number of ether oxygens (including phenoxy) is 4. The summed E-state index contributed by atoms with van der Waals surface area (Å²) in [4.78, 5) is 0. The van der Waals surface area contributed by atoms with E-state index >= 15 is 0 Å². The molecular weight excluding hydrogens is 632 g/mol. The summed E-state index contributed by atoms with van der Waals surface area (Å²) >= 11 is 7.06. The summed E-state index contributed by atoms with van der Waals surface area (Å²) in [6, 6.07) is 31.2. The van der Waals surface area contributed by atoms with Crippen molar-refractivity contribution in [3.8, 4) is 46.0 Å². The van der Waals surface area contributed by atoms with Crippen LogP contribution in [0.5, 0.6) is 46.0 Å². The lowest BCUT2D eigenvalue weighted by molar-refractivity contribution is 0.442. The Morgan fingerprint density at radius 3 is 1.18 bits per heavy atom. The first-order chi connectivity index (χ1) is 19.2. The molecule has 40 heavy (non-hydrogen) atoms. The minimum atomic E-state index is 0.670. The molecule has 5 aromatic rings. The molecule has 0 spiro atoms. The van der Waals surface area contributed by atoms with Crippen molar-refractivity contribution in [2.45, 2.75) is 27.7 Å². The van der Waals surface area contributed by atoms with Crippen LogP contribution < -0.4 is 18.9 Å². The topological polar surface area (TPSA) is 36.9 Å². The fourth-order valence-electron chi connectivity index (χ4n) is 4.26. The first-order valence-corrected chi connectivity index (χ1v) is 14.4. The molecule has 0 bridgehead atoms. The second-order valence-corrected chi connectivity index (χ2v) is 11.5. The lowest BCUT2D eigenvalue weighted by Crippen LogP contribution is -1.94. The maximum absolute atomic E-state index is 6.32. The second kappa shape index (κ2) is 12.2. The molecule has 6 heteroatoms. The van der Waals surface area contributed by atoms with Gasteiger partial charge in [0, 0.05) is 26.6 Å². The summed E-state index contributed by atoms with van der Waals surface area (Å²) < 4.78 is 26.8. The lowest BCUT2D eigenvalue weighted by atomic mass is 10.1. The number of hydrogen-bond acceptors (Lipinski definition) is 4. The summed E-state index contributed by atoms with van der Waals surface area (Å²) in [6.45, 7) is 8.07. The summed E-state index contributed by atoms with van der Waals surface area (Å²) in [5, 5.41) is 0. The summed E-state index contributed by atoms with van der Waals surface area (Å²) in [5.74, 6) is 5.65. The molecule has 0 radical (unpaired) electrons. The fourth-order valence-corrected chi connectivity index (χ4v) is 5.43. The molecule has 0 aliphatic heterocycles. The van der Waals surface area contributed by atoms with Crippen molar-refractivity contribution in [2.75, 3.05) is 0 Å². The Hall–Kier alpha value is -3.74. The van der Waals surface area contributed by atoms with Crippen LogP contribution in [0.2, 0.25) is 0 Å². The maximum Gasteiger partial charge on any atom is 0.134 e. The van der Waals surface area contributed by atoms with Gasteiger partial charge in [-0.15, -0.1) is 0 Å². The second-order valence-electron chi connectivity index (χ2n) is 9.67. The van der Waals surface area contributed by atoms with Gasteiger partial charge in [-0.25, -0.2) is 0 Å². The number of benzene rings is 5. The van der Waals surface area contributed by atoms with Gasteiger partial charge in [0.25, 0.3) is 0 Å². The average Bonchev–Trinajstić information content (AvgIpc) is 2.86. The van der Waals surface area contributed by atoms with Crippen LogP contribution in [0.15, 0.2) is 106 Å². The van der Waals surface area contributed by atoms with Gasteiger partial charge in [0.15, 0.2) is 0 Å². The van der Waals surface area contributed by atoms with Crippen LogP contribution in [0.3, 0.4) is 0 Å². The van der Waals surface area contributed by atoms with Crippen molar-refractivity contribution in [1.29, 1.82) is 0 Å². The summed E-state index contributed by atoms with van der Waals surface area (Å²) in [6.07, 6.45) is 0. The van der Waals surface area contributed by atoms with Crippen molar-refractivity contribution in [2.24, 2.45) is 0 Å². The van der Waals surface area contributed by atoms with Crippen molar-refractivity contribution >= 4 is 31.9 Å². The van der Waals surface area contributed by atoms with E-state index in [0.717, 1.165) is 42.7 Å². The zero-order valence-electron chi connectivity index (χ0n) is 22.6. The molecule has 0 heterocycles. The Balaban J connectivity index is 1.34. The van der Waals surface area contributed by atoms with Gasteiger partial charge in [-0.1, -0.05) is 44.0 Å². The largest absolute Gasteiger partial charge is 0.457 e. The third kappa shape index (κ3) is 7.26. The highest BCUT2D eigenvalue weighted by molar-refractivity contribution is 9.10. The first-order valence-electron chi connectivity index (χ1n) is 12.8. The third-order valence-corrected chi connectivity index (χ3v) is 6.94. The zero-order valence-corrected chi connectivity index (χ0v) is 25.8. The van der Waals surface area contributed by atoms with Gasteiger partial charge in [0.05, 0.1) is 0 Å². The van der Waals surface area contributed by atoms with E-state index in [-0.39, 0.29) is 0 Å². The smallest absolute Gasteiger partial charge is 0.134 e. The quantitative estimate of drug-likeness (QED) is 0.166. The number of aryl methyl sites for hydroxylation is 3. The zero-order chi connectivity index (χ0) is 28.2. The monoisotopic (exact) mass is 658 g/mol. The molecular formula is C34H28Br2O4. The first kappa shape index (κ1) is 27.8.